The summed E-state index contributed by atoms with van der Waals surface area (Å²) >= 11 is 6.40. The fourth-order valence-corrected chi connectivity index (χ4v) is 3.87. The average molecular weight is 439 g/mol. The van der Waals surface area contributed by atoms with Crippen molar-refractivity contribution in [1.82, 2.24) is 0 Å². The number of halogens is 1. The van der Waals surface area contributed by atoms with E-state index in [2.05, 4.69) is 0 Å². The Balaban J connectivity index is 1.94. The van der Waals surface area contributed by atoms with E-state index in [1.807, 2.05) is 31.2 Å². The Morgan fingerprint density at radius 1 is 1.07 bits per heavy atom. The first-order valence-electron chi connectivity index (χ1n) is 9.75. The number of rotatable bonds is 7. The lowest BCUT2D eigenvalue weighted by atomic mass is 9.87. The minimum atomic E-state index is -1.77. The molecule has 3 rings (SSSR count). The molecular weight excluding hydrogens is 412 g/mol. The van der Waals surface area contributed by atoms with Crippen LogP contribution in [0.5, 0.6) is 5.75 Å². The molecular formula is C22H27ClO7. The third kappa shape index (κ3) is 4.33. The monoisotopic (exact) mass is 438 g/mol. The van der Waals surface area contributed by atoms with E-state index in [9.17, 15) is 20.4 Å². The van der Waals surface area contributed by atoms with Gasteiger partial charge in [0, 0.05) is 17.7 Å². The lowest BCUT2D eigenvalue weighted by molar-refractivity contribution is -0.366. The molecule has 0 aromatic heterocycles. The lowest BCUT2D eigenvalue weighted by Gasteiger charge is -2.47. The standard InChI is InChI=1S/C22H27ClO7/c1-3-29-16-7-4-13(5-8-16)10-14-11-15(6-9-17(14)23)22(28-2)21(27)20(26)19(25)18(12-24)30-22/h4-9,11,18-21,24-27H,3,10,12H2,1-2H3/t18?,19-,20+,21-,22+/m1/s1. The van der Waals surface area contributed by atoms with Gasteiger partial charge >= 0.3 is 0 Å². The zero-order valence-corrected chi connectivity index (χ0v) is 17.6. The second-order valence-electron chi connectivity index (χ2n) is 7.20. The first kappa shape index (κ1) is 23.0. The fraction of sp³-hybridized carbons (Fsp3) is 0.455. The Morgan fingerprint density at radius 3 is 2.37 bits per heavy atom. The van der Waals surface area contributed by atoms with Crippen molar-refractivity contribution in [2.45, 2.75) is 43.5 Å². The summed E-state index contributed by atoms with van der Waals surface area (Å²) < 4.78 is 16.7. The van der Waals surface area contributed by atoms with Gasteiger partial charge in [0.2, 0.25) is 5.79 Å². The number of hydrogen-bond donors (Lipinski definition) is 4. The molecule has 0 spiro atoms. The maximum Gasteiger partial charge on any atom is 0.224 e. The fourth-order valence-electron chi connectivity index (χ4n) is 3.68. The maximum absolute atomic E-state index is 10.7. The number of aliphatic hydroxyl groups is 4. The quantitative estimate of drug-likeness (QED) is 0.520. The van der Waals surface area contributed by atoms with E-state index in [1.165, 1.54) is 7.11 Å². The molecule has 0 amide bonds. The number of hydrogen-bond acceptors (Lipinski definition) is 7. The molecule has 1 aliphatic heterocycles. The van der Waals surface area contributed by atoms with Crippen molar-refractivity contribution in [1.29, 1.82) is 0 Å². The van der Waals surface area contributed by atoms with Crippen LogP contribution in [-0.4, -0.2) is 65.2 Å². The van der Waals surface area contributed by atoms with E-state index >= 15 is 0 Å². The lowest BCUT2D eigenvalue weighted by Crippen LogP contribution is -2.64. The van der Waals surface area contributed by atoms with Crippen LogP contribution in [-0.2, 0) is 21.7 Å². The van der Waals surface area contributed by atoms with Crippen molar-refractivity contribution >= 4 is 11.6 Å². The van der Waals surface area contributed by atoms with E-state index in [4.69, 9.17) is 25.8 Å². The summed E-state index contributed by atoms with van der Waals surface area (Å²) in [5, 5.41) is 41.1. The first-order chi connectivity index (χ1) is 14.4. The Hall–Kier alpha value is -1.71. The molecule has 1 aliphatic rings. The first-order valence-corrected chi connectivity index (χ1v) is 10.1. The van der Waals surface area contributed by atoms with Gasteiger partial charge in [-0.3, -0.25) is 0 Å². The molecule has 0 saturated carbocycles. The molecule has 1 unspecified atom stereocenters. The van der Waals surface area contributed by atoms with Crippen LogP contribution in [0.2, 0.25) is 5.02 Å². The molecule has 1 saturated heterocycles. The van der Waals surface area contributed by atoms with Gasteiger partial charge in [0.25, 0.3) is 0 Å². The molecule has 164 valence electrons. The van der Waals surface area contributed by atoms with Crippen LogP contribution >= 0.6 is 11.6 Å². The highest BCUT2D eigenvalue weighted by molar-refractivity contribution is 6.31. The Labute approximate surface area is 180 Å². The average Bonchev–Trinajstić information content (AvgIpc) is 2.76. The minimum absolute atomic E-state index is 0.409. The molecule has 0 aliphatic carbocycles. The molecule has 2 aromatic rings. The van der Waals surface area contributed by atoms with Crippen molar-refractivity contribution in [3.8, 4) is 5.75 Å². The van der Waals surface area contributed by atoms with E-state index in [0.717, 1.165) is 16.9 Å². The summed E-state index contributed by atoms with van der Waals surface area (Å²) in [5.41, 5.74) is 2.16. The summed E-state index contributed by atoms with van der Waals surface area (Å²) in [6, 6.07) is 12.6. The molecule has 5 atom stereocenters. The molecule has 7 nitrogen and oxygen atoms in total. The highest BCUT2D eigenvalue weighted by Gasteiger charge is 2.55. The summed E-state index contributed by atoms with van der Waals surface area (Å²) in [6.45, 7) is 1.95. The summed E-state index contributed by atoms with van der Waals surface area (Å²) in [4.78, 5) is 0. The maximum atomic E-state index is 10.7. The van der Waals surface area contributed by atoms with E-state index in [-0.39, 0.29) is 0 Å². The molecule has 0 bridgehead atoms. The topological polar surface area (TPSA) is 109 Å². The van der Waals surface area contributed by atoms with Gasteiger partial charge in [-0.05, 0) is 48.7 Å². The normalized spacial score (nSPS) is 29.0. The van der Waals surface area contributed by atoms with Crippen LogP contribution in [0.4, 0.5) is 0 Å². The molecule has 30 heavy (non-hydrogen) atoms. The minimum Gasteiger partial charge on any atom is -0.494 e. The SMILES string of the molecule is CCOc1ccc(Cc2cc([C@]3(OC)OC(CO)[C@@H](O)[C@H](O)[C@H]3O)ccc2Cl)cc1. The Kier molecular flexibility index (Phi) is 7.36. The second kappa shape index (κ2) is 9.62. The molecule has 2 aromatic carbocycles. The predicted octanol–water partition coefficient (Wildman–Crippen LogP) is 1.60. The Morgan fingerprint density at radius 2 is 1.77 bits per heavy atom. The van der Waals surface area contributed by atoms with E-state index < -0.39 is 36.8 Å². The zero-order chi connectivity index (χ0) is 21.9. The molecule has 0 radical (unpaired) electrons. The van der Waals surface area contributed by atoms with Crippen molar-refractivity contribution in [3.05, 3.63) is 64.2 Å². The Bertz CT molecular complexity index is 842. The van der Waals surface area contributed by atoms with Crippen LogP contribution in [0.1, 0.15) is 23.6 Å². The largest absolute Gasteiger partial charge is 0.494 e. The van der Waals surface area contributed by atoms with Gasteiger partial charge in [0.1, 0.15) is 30.2 Å². The third-order valence-corrected chi connectivity index (χ3v) is 5.70. The third-order valence-electron chi connectivity index (χ3n) is 5.33. The summed E-state index contributed by atoms with van der Waals surface area (Å²) in [5.74, 6) is -0.995. The van der Waals surface area contributed by atoms with Gasteiger partial charge in [0.15, 0.2) is 0 Å². The van der Waals surface area contributed by atoms with E-state index in [0.29, 0.717) is 23.6 Å². The van der Waals surface area contributed by atoms with Crippen molar-refractivity contribution in [2.75, 3.05) is 20.3 Å². The van der Waals surface area contributed by atoms with Crippen LogP contribution in [0.25, 0.3) is 0 Å². The van der Waals surface area contributed by atoms with Gasteiger partial charge < -0.3 is 34.6 Å². The number of ether oxygens (including phenoxy) is 3. The smallest absolute Gasteiger partial charge is 0.224 e. The van der Waals surface area contributed by atoms with Gasteiger partial charge in [0.05, 0.1) is 13.2 Å². The van der Waals surface area contributed by atoms with Crippen LogP contribution < -0.4 is 4.74 Å². The van der Waals surface area contributed by atoms with Crippen LogP contribution in [0, 0.1) is 0 Å². The molecule has 8 heteroatoms. The molecule has 4 N–H and O–H groups in total. The highest BCUT2D eigenvalue weighted by atomic mass is 35.5. The molecule has 1 fully saturated rings. The van der Waals surface area contributed by atoms with Gasteiger partial charge in [-0.1, -0.05) is 29.8 Å². The number of benzene rings is 2. The van der Waals surface area contributed by atoms with Crippen LogP contribution in [0.3, 0.4) is 0 Å². The summed E-state index contributed by atoms with van der Waals surface area (Å²) in [7, 11) is 1.32. The van der Waals surface area contributed by atoms with Gasteiger partial charge in [-0.2, -0.15) is 0 Å². The zero-order valence-electron chi connectivity index (χ0n) is 16.9. The van der Waals surface area contributed by atoms with Crippen molar-refractivity contribution < 1.29 is 34.6 Å². The number of aliphatic hydroxyl groups excluding tert-OH is 4. The van der Waals surface area contributed by atoms with Gasteiger partial charge in [-0.15, -0.1) is 0 Å². The second-order valence-corrected chi connectivity index (χ2v) is 7.60. The van der Waals surface area contributed by atoms with Crippen molar-refractivity contribution in [2.24, 2.45) is 0 Å². The molecule has 1 heterocycles. The van der Waals surface area contributed by atoms with Crippen LogP contribution in [0.15, 0.2) is 42.5 Å². The predicted molar refractivity (Wildman–Crippen MR) is 111 cm³/mol. The van der Waals surface area contributed by atoms with Crippen molar-refractivity contribution in [3.63, 3.8) is 0 Å². The highest BCUT2D eigenvalue weighted by Crippen LogP contribution is 2.40. The van der Waals surface area contributed by atoms with Gasteiger partial charge in [-0.25, -0.2) is 0 Å². The summed E-state index contributed by atoms with van der Waals surface area (Å²) in [6.07, 6.45) is -5.23. The van der Waals surface area contributed by atoms with E-state index in [1.54, 1.807) is 18.2 Å². The number of methoxy groups -OCH3 is 1.